The lowest BCUT2D eigenvalue weighted by Crippen LogP contribution is -2.23. The van der Waals surface area contributed by atoms with Gasteiger partial charge in [-0.1, -0.05) is 0 Å². The summed E-state index contributed by atoms with van der Waals surface area (Å²) in [5, 5.41) is 4.77. The first-order valence-electron chi connectivity index (χ1n) is 7.82. The van der Waals surface area contributed by atoms with Gasteiger partial charge in [0, 0.05) is 10.7 Å². The van der Waals surface area contributed by atoms with Crippen molar-refractivity contribution in [1.29, 1.82) is 0 Å². The number of methoxy groups -OCH3 is 1. The minimum atomic E-state index is -0.206. The number of benzene rings is 1. The highest BCUT2D eigenvalue weighted by molar-refractivity contribution is 9.10. The Bertz CT molecular complexity index is 1150. The first kappa shape index (κ1) is 16.5. The van der Waals surface area contributed by atoms with Crippen molar-refractivity contribution in [2.24, 2.45) is 0 Å². The number of hydrogen-bond donors (Lipinski definition) is 0. The molecule has 0 amide bonds. The molecule has 0 saturated heterocycles. The van der Waals surface area contributed by atoms with Crippen LogP contribution in [0.2, 0.25) is 0 Å². The fourth-order valence-corrected chi connectivity index (χ4v) is 2.99. The second-order valence-corrected chi connectivity index (χ2v) is 6.54. The summed E-state index contributed by atoms with van der Waals surface area (Å²) in [6, 6.07) is 11.0. The summed E-state index contributed by atoms with van der Waals surface area (Å²) in [6.45, 7) is 1.77. The van der Waals surface area contributed by atoms with Crippen LogP contribution in [0.3, 0.4) is 0 Å². The summed E-state index contributed by atoms with van der Waals surface area (Å²) in [5.74, 6) is 1.80. The molecule has 8 heteroatoms. The van der Waals surface area contributed by atoms with Crippen LogP contribution in [0.15, 0.2) is 58.1 Å². The molecule has 1 aromatic carbocycles. The molecular weight excluding hydrogens is 398 g/mol. The van der Waals surface area contributed by atoms with E-state index in [2.05, 4.69) is 31.0 Å². The zero-order valence-electron chi connectivity index (χ0n) is 14.0. The minimum absolute atomic E-state index is 0.206. The Morgan fingerprint density at radius 1 is 1.08 bits per heavy atom. The van der Waals surface area contributed by atoms with Gasteiger partial charge in [-0.25, -0.2) is 19.2 Å². The van der Waals surface area contributed by atoms with Crippen molar-refractivity contribution in [1.82, 2.24) is 24.3 Å². The molecule has 0 unspecified atom stereocenters. The third-order valence-corrected chi connectivity index (χ3v) is 4.50. The van der Waals surface area contributed by atoms with Gasteiger partial charge in [-0.2, -0.15) is 5.10 Å². The Balaban J connectivity index is 1.90. The number of hydrogen-bond acceptors (Lipinski definition) is 5. The number of aryl methyl sites for hydroxylation is 1. The SMILES string of the molecule is COc1ccc(-n2ncc3c(=O)n(-c4ccc(Br)cn4)c(C)nc32)cc1. The van der Waals surface area contributed by atoms with E-state index >= 15 is 0 Å². The fourth-order valence-electron chi connectivity index (χ4n) is 2.75. The summed E-state index contributed by atoms with van der Waals surface area (Å²) in [7, 11) is 1.61. The summed E-state index contributed by atoms with van der Waals surface area (Å²) >= 11 is 3.35. The lowest BCUT2D eigenvalue weighted by molar-refractivity contribution is 0.414. The van der Waals surface area contributed by atoms with Gasteiger partial charge in [0.15, 0.2) is 5.65 Å². The van der Waals surface area contributed by atoms with Gasteiger partial charge in [-0.05, 0) is 59.3 Å². The van der Waals surface area contributed by atoms with Crippen LogP contribution >= 0.6 is 15.9 Å². The maximum atomic E-state index is 13.0. The number of halogens is 1. The Labute approximate surface area is 157 Å². The Morgan fingerprint density at radius 2 is 1.85 bits per heavy atom. The normalized spacial score (nSPS) is 11.0. The smallest absolute Gasteiger partial charge is 0.270 e. The molecule has 130 valence electrons. The molecule has 0 spiro atoms. The molecule has 26 heavy (non-hydrogen) atoms. The molecule has 0 fully saturated rings. The van der Waals surface area contributed by atoms with Gasteiger partial charge < -0.3 is 4.74 Å². The average molecular weight is 412 g/mol. The number of pyridine rings is 1. The summed E-state index contributed by atoms with van der Waals surface area (Å²) in [5.41, 5.74) is 1.10. The number of nitrogens with zero attached hydrogens (tertiary/aromatic N) is 5. The van der Waals surface area contributed by atoms with E-state index in [1.165, 1.54) is 10.8 Å². The van der Waals surface area contributed by atoms with E-state index in [9.17, 15) is 4.79 Å². The van der Waals surface area contributed by atoms with E-state index in [-0.39, 0.29) is 5.56 Å². The Kier molecular flexibility index (Phi) is 4.04. The Morgan fingerprint density at radius 3 is 2.50 bits per heavy atom. The van der Waals surface area contributed by atoms with Crippen LogP contribution in [-0.2, 0) is 0 Å². The number of rotatable bonds is 3. The topological polar surface area (TPSA) is 74.8 Å². The molecule has 0 bridgehead atoms. The molecule has 0 aliphatic carbocycles. The molecule has 7 nitrogen and oxygen atoms in total. The van der Waals surface area contributed by atoms with Gasteiger partial charge in [0.1, 0.15) is 22.8 Å². The molecular formula is C18H14BrN5O2. The van der Waals surface area contributed by atoms with Crippen molar-refractivity contribution >= 4 is 27.0 Å². The van der Waals surface area contributed by atoms with E-state index < -0.39 is 0 Å². The second kappa shape index (κ2) is 6.38. The molecule has 0 aliphatic heterocycles. The van der Waals surface area contributed by atoms with Crippen molar-refractivity contribution in [3.63, 3.8) is 0 Å². The predicted molar refractivity (Wildman–Crippen MR) is 101 cm³/mol. The van der Waals surface area contributed by atoms with Crippen LogP contribution in [0, 0.1) is 6.92 Å². The zero-order valence-corrected chi connectivity index (χ0v) is 15.6. The molecule has 0 saturated carbocycles. The highest BCUT2D eigenvalue weighted by atomic mass is 79.9. The van der Waals surface area contributed by atoms with E-state index in [0.29, 0.717) is 22.7 Å². The standard InChI is InChI=1S/C18H14BrN5O2/c1-11-22-17-15(18(25)23(11)16-8-3-12(19)9-20-16)10-21-24(17)13-4-6-14(26-2)7-5-13/h3-10H,1-2H3. The quantitative estimate of drug-likeness (QED) is 0.517. The highest BCUT2D eigenvalue weighted by Gasteiger charge is 2.15. The molecule has 4 rings (SSSR count). The van der Waals surface area contributed by atoms with Crippen molar-refractivity contribution in [3.8, 4) is 17.3 Å². The molecule has 0 radical (unpaired) electrons. The lowest BCUT2D eigenvalue weighted by Gasteiger charge is -2.09. The van der Waals surface area contributed by atoms with Crippen molar-refractivity contribution in [3.05, 3.63) is 69.4 Å². The van der Waals surface area contributed by atoms with Crippen LogP contribution in [-0.4, -0.2) is 31.4 Å². The van der Waals surface area contributed by atoms with Crippen LogP contribution in [0.25, 0.3) is 22.5 Å². The first-order valence-corrected chi connectivity index (χ1v) is 8.61. The van der Waals surface area contributed by atoms with Crippen molar-refractivity contribution in [2.45, 2.75) is 6.92 Å². The van der Waals surface area contributed by atoms with E-state index in [1.54, 1.807) is 31.0 Å². The van der Waals surface area contributed by atoms with Crippen LogP contribution < -0.4 is 10.3 Å². The highest BCUT2D eigenvalue weighted by Crippen LogP contribution is 2.19. The third kappa shape index (κ3) is 2.68. The average Bonchev–Trinajstić information content (AvgIpc) is 3.07. The van der Waals surface area contributed by atoms with Crippen molar-refractivity contribution < 1.29 is 4.74 Å². The summed E-state index contributed by atoms with van der Waals surface area (Å²) in [6.07, 6.45) is 3.18. The van der Waals surface area contributed by atoms with E-state index in [1.807, 2.05) is 30.3 Å². The van der Waals surface area contributed by atoms with Gasteiger partial charge in [0.05, 0.1) is 19.0 Å². The summed E-state index contributed by atoms with van der Waals surface area (Å²) < 4.78 is 9.14. The number of ether oxygens (including phenoxy) is 1. The maximum Gasteiger partial charge on any atom is 0.270 e. The molecule has 4 aromatic rings. The minimum Gasteiger partial charge on any atom is -0.497 e. The molecule has 0 N–H and O–H groups in total. The number of aromatic nitrogens is 5. The van der Waals surface area contributed by atoms with Gasteiger partial charge in [-0.15, -0.1) is 0 Å². The fraction of sp³-hybridized carbons (Fsp3) is 0.111. The van der Waals surface area contributed by atoms with E-state index in [4.69, 9.17) is 4.74 Å². The second-order valence-electron chi connectivity index (χ2n) is 5.63. The van der Waals surface area contributed by atoms with Gasteiger partial charge >= 0.3 is 0 Å². The molecule has 3 heterocycles. The zero-order chi connectivity index (χ0) is 18.3. The van der Waals surface area contributed by atoms with E-state index in [0.717, 1.165) is 15.9 Å². The van der Waals surface area contributed by atoms with Gasteiger partial charge in [0.2, 0.25) is 0 Å². The van der Waals surface area contributed by atoms with Gasteiger partial charge in [0.25, 0.3) is 5.56 Å². The van der Waals surface area contributed by atoms with Crippen LogP contribution in [0.1, 0.15) is 5.82 Å². The van der Waals surface area contributed by atoms with Gasteiger partial charge in [-0.3, -0.25) is 4.79 Å². The third-order valence-electron chi connectivity index (χ3n) is 4.03. The monoisotopic (exact) mass is 411 g/mol. The van der Waals surface area contributed by atoms with Crippen molar-refractivity contribution in [2.75, 3.05) is 7.11 Å². The number of fused-ring (bicyclic) bond motifs is 1. The lowest BCUT2D eigenvalue weighted by atomic mass is 10.3. The van der Waals surface area contributed by atoms with Crippen LogP contribution in [0.5, 0.6) is 5.75 Å². The first-order chi connectivity index (χ1) is 12.6. The van der Waals surface area contributed by atoms with Crippen LogP contribution in [0.4, 0.5) is 0 Å². The maximum absolute atomic E-state index is 13.0. The molecule has 3 aromatic heterocycles. The largest absolute Gasteiger partial charge is 0.497 e. The molecule has 0 atom stereocenters. The Hall–Kier alpha value is -3.00. The molecule has 0 aliphatic rings. The predicted octanol–water partition coefficient (Wildman–Crippen LogP) is 3.05. The summed E-state index contributed by atoms with van der Waals surface area (Å²) in [4.78, 5) is 21.9.